The van der Waals surface area contributed by atoms with Gasteiger partial charge in [0.2, 0.25) is 11.8 Å². The molecule has 2 amide bonds. The molecule has 1 aliphatic carbocycles. The Bertz CT molecular complexity index is 896. The summed E-state index contributed by atoms with van der Waals surface area (Å²) in [6, 6.07) is 13.9. The molecule has 2 aromatic carbocycles. The molecule has 2 fully saturated rings. The number of aryl methyl sites for hydroxylation is 1. The van der Waals surface area contributed by atoms with E-state index in [0.29, 0.717) is 11.3 Å². The summed E-state index contributed by atoms with van der Waals surface area (Å²) in [4.78, 5) is 39.6. The first-order valence-corrected chi connectivity index (χ1v) is 9.32. The molecule has 1 saturated heterocycles. The molecule has 0 spiro atoms. The number of fused-ring (bicyclic) bond motifs is 1. The molecule has 4 rings (SSSR count). The second-order valence-corrected chi connectivity index (χ2v) is 7.18. The number of hydrogen-bond donors (Lipinski definition) is 0. The smallest absolute Gasteiger partial charge is 0.343 e. The maximum Gasteiger partial charge on any atom is 0.343 e. The van der Waals surface area contributed by atoms with E-state index in [1.807, 2.05) is 19.1 Å². The normalized spacial score (nSPS) is 21.9. The molecule has 2 aliphatic rings. The molecule has 0 aromatic heterocycles. The molecule has 138 valence electrons. The van der Waals surface area contributed by atoms with Crippen LogP contribution in [0.4, 0.5) is 5.69 Å². The lowest BCUT2D eigenvalue weighted by Crippen LogP contribution is -2.31. The van der Waals surface area contributed by atoms with Crippen LogP contribution in [0.2, 0.25) is 0 Å². The number of imide groups is 1. The zero-order chi connectivity index (χ0) is 19.0. The molecular weight excluding hydrogens is 342 g/mol. The molecule has 0 N–H and O–H groups in total. The SMILES string of the molecule is Cc1ccccc1C(=O)Oc1ccccc1N1C(=O)[C@H]2CCCC[C@H]2C1=O. The van der Waals surface area contributed by atoms with Crippen LogP contribution in [0.5, 0.6) is 5.75 Å². The zero-order valence-electron chi connectivity index (χ0n) is 15.2. The highest BCUT2D eigenvalue weighted by Gasteiger charge is 2.49. The number of para-hydroxylation sites is 2. The minimum atomic E-state index is -0.503. The Morgan fingerprint density at radius 3 is 2.19 bits per heavy atom. The number of anilines is 1. The maximum atomic E-state index is 12.9. The summed E-state index contributed by atoms with van der Waals surface area (Å²) in [5.74, 6) is -1.12. The lowest BCUT2D eigenvalue weighted by molar-refractivity contribution is -0.122. The average Bonchev–Trinajstić information content (AvgIpc) is 2.94. The monoisotopic (exact) mass is 363 g/mol. The van der Waals surface area contributed by atoms with Gasteiger partial charge in [-0.1, -0.05) is 43.2 Å². The van der Waals surface area contributed by atoms with Crippen LogP contribution < -0.4 is 9.64 Å². The topological polar surface area (TPSA) is 63.7 Å². The Kier molecular flexibility index (Phi) is 4.52. The van der Waals surface area contributed by atoms with Gasteiger partial charge in [-0.2, -0.15) is 0 Å². The summed E-state index contributed by atoms with van der Waals surface area (Å²) in [6.45, 7) is 1.83. The molecule has 1 aliphatic heterocycles. The van der Waals surface area contributed by atoms with Crippen molar-refractivity contribution in [2.45, 2.75) is 32.6 Å². The second-order valence-electron chi connectivity index (χ2n) is 7.18. The van der Waals surface area contributed by atoms with Gasteiger partial charge in [-0.3, -0.25) is 9.59 Å². The quantitative estimate of drug-likeness (QED) is 0.471. The molecule has 0 radical (unpaired) electrons. The summed E-state index contributed by atoms with van der Waals surface area (Å²) < 4.78 is 5.59. The van der Waals surface area contributed by atoms with Crippen molar-refractivity contribution in [1.29, 1.82) is 0 Å². The predicted octanol–water partition coefficient (Wildman–Crippen LogP) is 3.89. The van der Waals surface area contributed by atoms with Crippen molar-refractivity contribution in [3.63, 3.8) is 0 Å². The number of nitrogens with zero attached hydrogens (tertiary/aromatic N) is 1. The van der Waals surface area contributed by atoms with Gasteiger partial charge in [-0.15, -0.1) is 0 Å². The van der Waals surface area contributed by atoms with Gasteiger partial charge in [0.15, 0.2) is 5.75 Å². The molecular formula is C22H21NO4. The lowest BCUT2D eigenvalue weighted by Gasteiger charge is -2.19. The van der Waals surface area contributed by atoms with E-state index in [4.69, 9.17) is 4.74 Å². The summed E-state index contributed by atoms with van der Waals surface area (Å²) in [5.41, 5.74) is 1.61. The van der Waals surface area contributed by atoms with E-state index in [1.165, 1.54) is 4.90 Å². The molecule has 0 bridgehead atoms. The minimum Gasteiger partial charge on any atom is -0.421 e. The molecule has 5 nitrogen and oxygen atoms in total. The average molecular weight is 363 g/mol. The highest BCUT2D eigenvalue weighted by Crippen LogP contribution is 2.42. The Morgan fingerprint density at radius 1 is 0.926 bits per heavy atom. The number of benzene rings is 2. The fourth-order valence-electron chi connectivity index (χ4n) is 4.08. The second kappa shape index (κ2) is 6.99. The van der Waals surface area contributed by atoms with E-state index >= 15 is 0 Å². The van der Waals surface area contributed by atoms with Gasteiger partial charge in [-0.05, 0) is 43.5 Å². The number of carbonyl (C=O) groups excluding carboxylic acids is 3. The highest BCUT2D eigenvalue weighted by molar-refractivity contribution is 6.22. The van der Waals surface area contributed by atoms with Crippen LogP contribution in [0.1, 0.15) is 41.6 Å². The molecule has 1 heterocycles. The first kappa shape index (κ1) is 17.5. The number of amides is 2. The van der Waals surface area contributed by atoms with Crippen LogP contribution in [0.3, 0.4) is 0 Å². The zero-order valence-corrected chi connectivity index (χ0v) is 15.2. The number of hydrogen-bond acceptors (Lipinski definition) is 4. The van der Waals surface area contributed by atoms with E-state index in [1.54, 1.807) is 36.4 Å². The van der Waals surface area contributed by atoms with E-state index in [2.05, 4.69) is 0 Å². The van der Waals surface area contributed by atoms with Gasteiger partial charge in [0.05, 0.1) is 23.1 Å². The van der Waals surface area contributed by atoms with Gasteiger partial charge in [0.25, 0.3) is 0 Å². The molecule has 1 saturated carbocycles. The number of esters is 1. The Balaban J connectivity index is 1.66. The summed E-state index contributed by atoms with van der Waals surface area (Å²) in [7, 11) is 0. The summed E-state index contributed by atoms with van der Waals surface area (Å²) in [5, 5.41) is 0. The third-order valence-electron chi connectivity index (χ3n) is 5.51. The third kappa shape index (κ3) is 3.03. The maximum absolute atomic E-state index is 12.9. The Morgan fingerprint density at radius 2 is 1.52 bits per heavy atom. The van der Waals surface area contributed by atoms with E-state index in [-0.39, 0.29) is 29.4 Å². The van der Waals surface area contributed by atoms with E-state index < -0.39 is 5.97 Å². The Hall–Kier alpha value is -2.95. The van der Waals surface area contributed by atoms with Gasteiger partial charge in [0.1, 0.15) is 0 Å². The summed E-state index contributed by atoms with van der Waals surface area (Å²) in [6.07, 6.45) is 3.43. The van der Waals surface area contributed by atoms with Crippen LogP contribution in [-0.4, -0.2) is 17.8 Å². The molecule has 27 heavy (non-hydrogen) atoms. The fraction of sp³-hybridized carbons (Fsp3) is 0.318. The number of carbonyl (C=O) groups is 3. The van der Waals surface area contributed by atoms with Crippen molar-refractivity contribution in [1.82, 2.24) is 0 Å². The van der Waals surface area contributed by atoms with Crippen LogP contribution in [-0.2, 0) is 9.59 Å². The van der Waals surface area contributed by atoms with E-state index in [0.717, 1.165) is 31.2 Å². The van der Waals surface area contributed by atoms with Gasteiger partial charge in [0, 0.05) is 0 Å². The van der Waals surface area contributed by atoms with Crippen molar-refractivity contribution < 1.29 is 19.1 Å². The van der Waals surface area contributed by atoms with Crippen LogP contribution in [0.15, 0.2) is 48.5 Å². The van der Waals surface area contributed by atoms with Crippen molar-refractivity contribution >= 4 is 23.5 Å². The third-order valence-corrected chi connectivity index (χ3v) is 5.51. The number of rotatable bonds is 3. The van der Waals surface area contributed by atoms with Gasteiger partial charge >= 0.3 is 5.97 Å². The van der Waals surface area contributed by atoms with Crippen molar-refractivity contribution in [3.05, 3.63) is 59.7 Å². The summed E-state index contributed by atoms with van der Waals surface area (Å²) >= 11 is 0. The van der Waals surface area contributed by atoms with E-state index in [9.17, 15) is 14.4 Å². The van der Waals surface area contributed by atoms with Gasteiger partial charge < -0.3 is 4.74 Å². The standard InChI is InChI=1S/C22H21NO4/c1-14-8-2-3-9-15(14)22(26)27-19-13-7-6-12-18(19)23-20(24)16-10-4-5-11-17(16)21(23)25/h2-3,6-9,12-13,16-17H,4-5,10-11H2,1H3/t16-,17+. The predicted molar refractivity (Wildman–Crippen MR) is 101 cm³/mol. The minimum absolute atomic E-state index is 0.177. The molecule has 2 aromatic rings. The van der Waals surface area contributed by atoms with Crippen LogP contribution >= 0.6 is 0 Å². The van der Waals surface area contributed by atoms with Crippen molar-refractivity contribution in [3.8, 4) is 5.75 Å². The largest absolute Gasteiger partial charge is 0.421 e. The van der Waals surface area contributed by atoms with Crippen LogP contribution in [0, 0.1) is 18.8 Å². The fourth-order valence-corrected chi connectivity index (χ4v) is 4.08. The lowest BCUT2D eigenvalue weighted by atomic mass is 9.81. The van der Waals surface area contributed by atoms with Crippen LogP contribution in [0.25, 0.3) is 0 Å². The molecule has 0 unspecified atom stereocenters. The van der Waals surface area contributed by atoms with Crippen molar-refractivity contribution in [2.24, 2.45) is 11.8 Å². The number of ether oxygens (including phenoxy) is 1. The Labute approximate surface area is 157 Å². The first-order chi connectivity index (χ1) is 13.1. The highest BCUT2D eigenvalue weighted by atomic mass is 16.5. The molecule has 5 heteroatoms. The molecule has 2 atom stereocenters. The van der Waals surface area contributed by atoms with Crippen molar-refractivity contribution in [2.75, 3.05) is 4.90 Å². The van der Waals surface area contributed by atoms with Gasteiger partial charge in [-0.25, -0.2) is 9.69 Å². The first-order valence-electron chi connectivity index (χ1n) is 9.32.